The first-order valence-electron chi connectivity index (χ1n) is 37.8. The first kappa shape index (κ1) is 87.5. The zero-order valence-corrected chi connectivity index (χ0v) is 59.2. The van der Waals surface area contributed by atoms with Crippen LogP contribution >= 0.6 is 0 Å². The van der Waals surface area contributed by atoms with Crippen LogP contribution in [0.15, 0.2) is 0 Å². The largest absolute Gasteiger partial charge is 0.394 e. The molecule has 26 nitrogen and oxygen atoms in total. The Hall–Kier alpha value is -1.94. The number of ether oxygens (including phenoxy) is 8. The van der Waals surface area contributed by atoms with E-state index in [0.29, 0.717) is 12.8 Å². The monoisotopic (exact) mass is 1400 g/mol. The molecule has 0 radical (unpaired) electrons. The molecule has 4 saturated heterocycles. The summed E-state index contributed by atoms with van der Waals surface area (Å²) in [5.41, 5.74) is 0. The van der Waals surface area contributed by atoms with E-state index in [9.17, 15) is 81.1 Å². The third-order valence-electron chi connectivity index (χ3n) is 19.7. The molecule has 0 aromatic heterocycles. The highest BCUT2D eigenvalue weighted by Gasteiger charge is 2.53. The fourth-order valence-corrected chi connectivity index (χ4v) is 13.4. The number of aliphatic hydroxyl groups excluding tert-OH is 14. The molecule has 4 fully saturated rings. The standard InChI is InChI=1S/C71H134N2O24/c1-5-7-9-11-13-15-17-19-21-22-23-24-25-27-29-31-33-35-37-39-41-50(78)67(89)73-48(55(79)49(77)40-38-36-34-32-30-28-26-20-18-16-14-12-10-8-6-2)43-90-71-66(61(85)56(80)51(42-74)93-71)97-70-63(87)60(84)58(82)53(95-70)44-91-68-54(72-47(4)76)59(83)57(81)52(94-68)45-92-69-64(88)62(86)65(96-69)46(3)75/h46,48-66,68-71,74-75,77-88H,5-45H2,1-4H3,(H,72,76)(H,73,89)/t46-,48-,49+,50+,51+,52+,53+,54+,55-,56-,57-,58-,59+,60-,61-,62-,63+,64-,65+,66+,68+,69-,70+,71-/m0/s1. The molecule has 2 amide bonds. The summed E-state index contributed by atoms with van der Waals surface area (Å²) in [6.45, 7) is 4.02. The van der Waals surface area contributed by atoms with E-state index >= 15 is 0 Å². The second kappa shape index (κ2) is 50.5. The highest BCUT2D eigenvalue weighted by atomic mass is 16.8. The van der Waals surface area contributed by atoms with Crippen molar-refractivity contribution < 1.29 is 119 Å². The summed E-state index contributed by atoms with van der Waals surface area (Å²) in [5.74, 6) is -1.53. The van der Waals surface area contributed by atoms with Crippen molar-refractivity contribution >= 4 is 11.8 Å². The lowest BCUT2D eigenvalue weighted by atomic mass is 9.96. The zero-order valence-electron chi connectivity index (χ0n) is 59.2. The van der Waals surface area contributed by atoms with E-state index in [2.05, 4.69) is 24.5 Å². The first-order chi connectivity index (χ1) is 46.7. The molecule has 4 rings (SSSR count). The van der Waals surface area contributed by atoms with Gasteiger partial charge in [0, 0.05) is 6.92 Å². The van der Waals surface area contributed by atoms with Crippen LogP contribution in [0.5, 0.6) is 0 Å². The van der Waals surface area contributed by atoms with Crippen molar-refractivity contribution in [2.45, 2.75) is 412 Å². The Kier molecular flexibility index (Phi) is 45.5. The van der Waals surface area contributed by atoms with E-state index in [1.165, 1.54) is 161 Å². The van der Waals surface area contributed by atoms with Crippen molar-refractivity contribution in [2.24, 2.45) is 0 Å². The van der Waals surface area contributed by atoms with Crippen LogP contribution in [0, 0.1) is 0 Å². The molecule has 0 aromatic rings. The molecule has 4 heterocycles. The quantitative estimate of drug-likeness (QED) is 0.0373. The minimum atomic E-state index is -2.09. The number of carbonyl (C=O) groups is 2. The molecule has 16 N–H and O–H groups in total. The summed E-state index contributed by atoms with van der Waals surface area (Å²) >= 11 is 0. The van der Waals surface area contributed by atoms with Crippen LogP contribution in [0.25, 0.3) is 0 Å². The molecule has 0 saturated carbocycles. The van der Waals surface area contributed by atoms with Gasteiger partial charge in [-0.15, -0.1) is 0 Å². The van der Waals surface area contributed by atoms with Gasteiger partial charge in [0.05, 0.1) is 44.7 Å². The molecular weight excluding hydrogens is 1260 g/mol. The van der Waals surface area contributed by atoms with Crippen LogP contribution in [0.3, 0.4) is 0 Å². The Bertz CT molecular complexity index is 1990. The predicted molar refractivity (Wildman–Crippen MR) is 360 cm³/mol. The smallest absolute Gasteiger partial charge is 0.249 e. The molecule has 4 aliphatic rings. The number of amides is 2. The van der Waals surface area contributed by atoms with Gasteiger partial charge in [0.25, 0.3) is 0 Å². The normalized spacial score (nSPS) is 31.6. The molecule has 0 aliphatic carbocycles. The fourth-order valence-electron chi connectivity index (χ4n) is 13.4. The van der Waals surface area contributed by atoms with Gasteiger partial charge in [0.2, 0.25) is 11.8 Å². The molecule has 0 unspecified atom stereocenters. The lowest BCUT2D eigenvalue weighted by Crippen LogP contribution is -2.66. The van der Waals surface area contributed by atoms with Gasteiger partial charge >= 0.3 is 0 Å². The topological polar surface area (TPSA) is 415 Å². The van der Waals surface area contributed by atoms with Gasteiger partial charge in [0.1, 0.15) is 104 Å². The SMILES string of the molecule is CCCCCCCCCCCCCCCCCCCCCC[C@@H](O)C(=O)N[C@@H](CO[C@H]1O[C@H](CO)[C@H](O)[C@H](O)[C@H]1O[C@H]1O[C@H](CO[C@@H]2O[C@H](CO[C@H]3O[C@H]([C@H](C)O)[C@@H](O)[C@@H]3O)[C@H](O)[C@H](O)[C@H]2NC(C)=O)[C@H](O)[C@H](O)[C@H]1O)[C@H](O)[C@H](O)CCCCCCCCCCCCCCCCC. The lowest BCUT2D eigenvalue weighted by molar-refractivity contribution is -0.371. The molecule has 0 spiro atoms. The van der Waals surface area contributed by atoms with Crippen LogP contribution in [0.4, 0.5) is 0 Å². The second-order valence-corrected chi connectivity index (χ2v) is 28.2. The molecule has 0 bridgehead atoms. The summed E-state index contributed by atoms with van der Waals surface area (Å²) in [5, 5.41) is 159. The maximum absolute atomic E-state index is 13.8. The van der Waals surface area contributed by atoms with Gasteiger partial charge in [0.15, 0.2) is 25.2 Å². The van der Waals surface area contributed by atoms with Gasteiger partial charge in [-0.2, -0.15) is 0 Å². The Morgan fingerprint density at radius 2 is 0.814 bits per heavy atom. The summed E-state index contributed by atoms with van der Waals surface area (Å²) in [6.07, 6.45) is 4.33. The van der Waals surface area contributed by atoms with E-state index in [0.717, 1.165) is 64.7 Å². The lowest BCUT2D eigenvalue weighted by Gasteiger charge is -2.47. The van der Waals surface area contributed by atoms with E-state index in [4.69, 9.17) is 37.9 Å². The highest BCUT2D eigenvalue weighted by molar-refractivity contribution is 5.80. The van der Waals surface area contributed by atoms with E-state index < -0.39 is 185 Å². The summed E-state index contributed by atoms with van der Waals surface area (Å²) in [7, 11) is 0. The summed E-state index contributed by atoms with van der Waals surface area (Å²) < 4.78 is 46.8. The number of rotatable bonds is 55. The van der Waals surface area contributed by atoms with E-state index in [1.54, 1.807) is 0 Å². The Labute approximate surface area is 578 Å². The molecule has 4 aliphatic heterocycles. The fraction of sp³-hybridized carbons (Fsp3) is 0.972. The van der Waals surface area contributed by atoms with Crippen LogP contribution in [-0.2, 0) is 47.5 Å². The molecule has 26 heteroatoms. The van der Waals surface area contributed by atoms with Crippen LogP contribution in [-0.4, -0.2) is 257 Å². The second-order valence-electron chi connectivity index (χ2n) is 28.2. The number of hydrogen-bond acceptors (Lipinski definition) is 24. The summed E-state index contributed by atoms with van der Waals surface area (Å²) in [4.78, 5) is 26.1. The average Bonchev–Trinajstić information content (AvgIpc) is 1.28. The highest BCUT2D eigenvalue weighted by Crippen LogP contribution is 2.33. The summed E-state index contributed by atoms with van der Waals surface area (Å²) in [6, 6.07) is -2.92. The average molecular weight is 1400 g/mol. The minimum Gasteiger partial charge on any atom is -0.394 e. The zero-order chi connectivity index (χ0) is 71.1. The minimum absolute atomic E-state index is 0.126. The third kappa shape index (κ3) is 31.9. The van der Waals surface area contributed by atoms with Gasteiger partial charge in [-0.05, 0) is 19.8 Å². The number of hydrogen-bond donors (Lipinski definition) is 16. The maximum atomic E-state index is 13.8. The Morgan fingerprint density at radius 3 is 1.25 bits per heavy atom. The number of unbranched alkanes of at least 4 members (excludes halogenated alkanes) is 33. The van der Waals surface area contributed by atoms with E-state index in [1.807, 2.05) is 0 Å². The molecule has 0 aromatic carbocycles. The number of nitrogens with one attached hydrogen (secondary N) is 2. The van der Waals surface area contributed by atoms with Gasteiger partial charge < -0.3 is 120 Å². The van der Waals surface area contributed by atoms with Crippen molar-refractivity contribution in [1.29, 1.82) is 0 Å². The van der Waals surface area contributed by atoms with Crippen LogP contribution in [0.1, 0.15) is 265 Å². The van der Waals surface area contributed by atoms with Gasteiger partial charge in [-0.1, -0.05) is 239 Å². The number of carbonyl (C=O) groups excluding carboxylic acids is 2. The predicted octanol–water partition coefficient (Wildman–Crippen LogP) is 4.49. The van der Waals surface area contributed by atoms with E-state index in [-0.39, 0.29) is 12.8 Å². The molecule has 24 atom stereocenters. The maximum Gasteiger partial charge on any atom is 0.249 e. The van der Waals surface area contributed by atoms with Crippen molar-refractivity contribution in [3.8, 4) is 0 Å². The van der Waals surface area contributed by atoms with Crippen LogP contribution < -0.4 is 10.6 Å². The molecule has 572 valence electrons. The van der Waals surface area contributed by atoms with Crippen molar-refractivity contribution in [2.75, 3.05) is 26.4 Å². The molecular formula is C71H134N2O24. The van der Waals surface area contributed by atoms with Crippen molar-refractivity contribution in [1.82, 2.24) is 10.6 Å². The number of aliphatic hydroxyl groups is 14. The third-order valence-corrected chi connectivity index (χ3v) is 19.7. The first-order valence-corrected chi connectivity index (χ1v) is 37.8. The van der Waals surface area contributed by atoms with Crippen molar-refractivity contribution in [3.63, 3.8) is 0 Å². The Morgan fingerprint density at radius 1 is 0.423 bits per heavy atom. The van der Waals surface area contributed by atoms with Crippen LogP contribution in [0.2, 0.25) is 0 Å². The molecule has 97 heavy (non-hydrogen) atoms. The van der Waals surface area contributed by atoms with Gasteiger partial charge in [-0.25, -0.2) is 0 Å². The van der Waals surface area contributed by atoms with Gasteiger partial charge in [-0.3, -0.25) is 9.59 Å². The van der Waals surface area contributed by atoms with Crippen molar-refractivity contribution in [3.05, 3.63) is 0 Å². The Balaban J connectivity index is 1.36.